The zero-order chi connectivity index (χ0) is 11.9. The summed E-state index contributed by atoms with van der Waals surface area (Å²) < 4.78 is 2.17. The van der Waals surface area contributed by atoms with Crippen LogP contribution in [-0.2, 0) is 0 Å². The molecule has 0 aromatic carbocycles. The highest BCUT2D eigenvalue weighted by molar-refractivity contribution is 5.39. The molecule has 1 aromatic rings. The molecule has 1 atom stereocenters. The highest BCUT2D eigenvalue weighted by Crippen LogP contribution is 2.43. The van der Waals surface area contributed by atoms with Crippen molar-refractivity contribution in [2.75, 3.05) is 29.9 Å². The molecular weight excluding hydrogens is 226 g/mol. The van der Waals surface area contributed by atoms with Crippen LogP contribution in [0.25, 0.3) is 0 Å². The van der Waals surface area contributed by atoms with E-state index in [4.69, 9.17) is 10.1 Å². The van der Waals surface area contributed by atoms with E-state index >= 15 is 0 Å². The number of fused-ring (bicyclic) bond motifs is 1. The topological polar surface area (TPSA) is 46.0 Å². The monoisotopic (exact) mass is 247 g/mol. The normalized spacial score (nSPS) is 27.8. The van der Waals surface area contributed by atoms with Gasteiger partial charge >= 0.3 is 0 Å². The van der Waals surface area contributed by atoms with Crippen molar-refractivity contribution >= 4 is 11.9 Å². The zero-order valence-corrected chi connectivity index (χ0v) is 10.8. The van der Waals surface area contributed by atoms with Gasteiger partial charge in [0, 0.05) is 19.6 Å². The van der Waals surface area contributed by atoms with E-state index in [9.17, 15) is 0 Å². The Morgan fingerprint density at radius 2 is 1.89 bits per heavy atom. The molecule has 1 saturated carbocycles. The van der Waals surface area contributed by atoms with Gasteiger partial charge in [-0.2, -0.15) is 4.98 Å². The van der Waals surface area contributed by atoms with Crippen LogP contribution in [0.2, 0.25) is 0 Å². The van der Waals surface area contributed by atoms with Crippen LogP contribution in [0, 0.1) is 5.92 Å². The van der Waals surface area contributed by atoms with Crippen molar-refractivity contribution in [2.45, 2.75) is 44.6 Å². The van der Waals surface area contributed by atoms with E-state index in [-0.39, 0.29) is 0 Å². The summed E-state index contributed by atoms with van der Waals surface area (Å²) in [5.41, 5.74) is 0. The van der Waals surface area contributed by atoms with Gasteiger partial charge in [-0.1, -0.05) is 0 Å². The second-order valence-electron chi connectivity index (χ2n) is 5.85. The van der Waals surface area contributed by atoms with Crippen molar-refractivity contribution in [3.8, 4) is 0 Å². The smallest absolute Gasteiger partial charge is 0.246 e. The lowest BCUT2D eigenvalue weighted by Gasteiger charge is -2.25. The van der Waals surface area contributed by atoms with Gasteiger partial charge in [-0.25, -0.2) is 4.68 Å². The summed E-state index contributed by atoms with van der Waals surface area (Å²) >= 11 is 0. The molecule has 1 saturated heterocycles. The fourth-order valence-electron chi connectivity index (χ4n) is 3.26. The Kier molecular flexibility index (Phi) is 2.45. The summed E-state index contributed by atoms with van der Waals surface area (Å²) in [5, 5.41) is 8.18. The maximum absolute atomic E-state index is 4.79. The molecule has 0 radical (unpaired) electrons. The number of nitrogens with one attached hydrogen (secondary N) is 1. The summed E-state index contributed by atoms with van der Waals surface area (Å²) in [4.78, 5) is 7.05. The van der Waals surface area contributed by atoms with Gasteiger partial charge in [0.15, 0.2) is 0 Å². The second kappa shape index (κ2) is 4.14. The molecule has 3 heterocycles. The van der Waals surface area contributed by atoms with E-state index in [1.54, 1.807) is 0 Å². The van der Waals surface area contributed by atoms with Crippen LogP contribution < -0.4 is 10.2 Å². The van der Waals surface area contributed by atoms with Crippen LogP contribution in [0.3, 0.4) is 0 Å². The number of rotatable bonds is 2. The maximum Gasteiger partial charge on any atom is 0.246 e. The van der Waals surface area contributed by atoms with Crippen molar-refractivity contribution in [3.05, 3.63) is 0 Å². The number of anilines is 2. The number of aromatic nitrogens is 3. The van der Waals surface area contributed by atoms with E-state index in [1.165, 1.54) is 38.5 Å². The summed E-state index contributed by atoms with van der Waals surface area (Å²) in [5.74, 6) is 2.81. The largest absolute Gasteiger partial charge is 0.354 e. The Labute approximate surface area is 108 Å². The van der Waals surface area contributed by atoms with Gasteiger partial charge in [0.05, 0.1) is 6.04 Å². The Morgan fingerprint density at radius 1 is 1.06 bits per heavy atom. The Bertz CT molecular complexity index is 431. The first-order chi connectivity index (χ1) is 8.92. The molecule has 1 N–H and O–H groups in total. The van der Waals surface area contributed by atoms with Crippen molar-refractivity contribution in [1.82, 2.24) is 14.8 Å². The molecule has 0 amide bonds. The Balaban J connectivity index is 1.61. The standard InChI is InChI=1S/C13H21N5/c1-2-8-17(9-3-1)13-15-12-14-7-6-11(10-4-5-10)18(12)16-13/h10-11H,1-9H2,(H,14,15,16). The van der Waals surface area contributed by atoms with Crippen LogP contribution in [0.5, 0.6) is 0 Å². The molecule has 98 valence electrons. The first kappa shape index (κ1) is 10.6. The van der Waals surface area contributed by atoms with Gasteiger partial charge in [0.1, 0.15) is 0 Å². The van der Waals surface area contributed by atoms with Gasteiger partial charge in [-0.05, 0) is 44.4 Å². The zero-order valence-electron chi connectivity index (χ0n) is 10.8. The lowest BCUT2D eigenvalue weighted by molar-refractivity contribution is 0.374. The summed E-state index contributed by atoms with van der Waals surface area (Å²) in [7, 11) is 0. The number of nitrogens with zero attached hydrogens (tertiary/aromatic N) is 4. The van der Waals surface area contributed by atoms with Crippen molar-refractivity contribution in [3.63, 3.8) is 0 Å². The first-order valence-electron chi connectivity index (χ1n) is 7.37. The third-order valence-corrected chi connectivity index (χ3v) is 4.46. The van der Waals surface area contributed by atoms with Crippen LogP contribution in [-0.4, -0.2) is 34.4 Å². The minimum Gasteiger partial charge on any atom is -0.354 e. The van der Waals surface area contributed by atoms with Crippen LogP contribution in [0.1, 0.15) is 44.6 Å². The van der Waals surface area contributed by atoms with E-state index in [1.807, 2.05) is 0 Å². The van der Waals surface area contributed by atoms with Gasteiger partial charge in [-0.3, -0.25) is 0 Å². The molecule has 1 aliphatic carbocycles. The molecule has 5 nitrogen and oxygen atoms in total. The molecule has 2 aliphatic heterocycles. The summed E-state index contributed by atoms with van der Waals surface area (Å²) in [6.45, 7) is 3.30. The Morgan fingerprint density at radius 3 is 2.67 bits per heavy atom. The highest BCUT2D eigenvalue weighted by Gasteiger charge is 2.36. The van der Waals surface area contributed by atoms with E-state index in [0.717, 1.165) is 37.4 Å². The molecular formula is C13H21N5. The number of hydrogen-bond acceptors (Lipinski definition) is 4. The Hall–Kier alpha value is -1.26. The molecule has 1 unspecified atom stereocenters. The SMILES string of the molecule is C1CCN(c2nc3n(n2)C(C2CC2)CCN3)CC1. The summed E-state index contributed by atoms with van der Waals surface area (Å²) in [6, 6.07) is 0.604. The first-order valence-corrected chi connectivity index (χ1v) is 7.37. The molecule has 0 spiro atoms. The van der Waals surface area contributed by atoms with Crippen molar-refractivity contribution < 1.29 is 0 Å². The van der Waals surface area contributed by atoms with Crippen molar-refractivity contribution in [1.29, 1.82) is 0 Å². The average molecular weight is 247 g/mol. The fourth-order valence-corrected chi connectivity index (χ4v) is 3.26. The minimum atomic E-state index is 0.604. The highest BCUT2D eigenvalue weighted by atomic mass is 15.5. The van der Waals surface area contributed by atoms with E-state index in [2.05, 4.69) is 14.9 Å². The predicted molar refractivity (Wildman–Crippen MR) is 71.0 cm³/mol. The van der Waals surface area contributed by atoms with Crippen LogP contribution >= 0.6 is 0 Å². The van der Waals surface area contributed by atoms with Crippen LogP contribution in [0.15, 0.2) is 0 Å². The third-order valence-electron chi connectivity index (χ3n) is 4.46. The maximum atomic E-state index is 4.79. The molecule has 18 heavy (non-hydrogen) atoms. The lowest BCUT2D eigenvalue weighted by Crippen LogP contribution is -2.30. The quantitative estimate of drug-likeness (QED) is 0.868. The fraction of sp³-hybridized carbons (Fsp3) is 0.846. The second-order valence-corrected chi connectivity index (χ2v) is 5.85. The van der Waals surface area contributed by atoms with Crippen LogP contribution in [0.4, 0.5) is 11.9 Å². The van der Waals surface area contributed by atoms with Gasteiger partial charge < -0.3 is 10.2 Å². The van der Waals surface area contributed by atoms with Gasteiger partial charge in [-0.15, -0.1) is 5.10 Å². The molecule has 5 heteroatoms. The lowest BCUT2D eigenvalue weighted by atomic mass is 10.1. The molecule has 1 aromatic heterocycles. The minimum absolute atomic E-state index is 0.604. The average Bonchev–Trinajstić information content (AvgIpc) is 3.17. The third kappa shape index (κ3) is 1.76. The van der Waals surface area contributed by atoms with E-state index < -0.39 is 0 Å². The predicted octanol–water partition coefficient (Wildman–Crippen LogP) is 2.04. The van der Waals surface area contributed by atoms with Crippen molar-refractivity contribution in [2.24, 2.45) is 5.92 Å². The number of hydrogen-bond donors (Lipinski definition) is 1. The molecule has 4 rings (SSSR count). The molecule has 3 aliphatic rings. The van der Waals surface area contributed by atoms with E-state index in [0.29, 0.717) is 6.04 Å². The van der Waals surface area contributed by atoms with Gasteiger partial charge in [0.2, 0.25) is 11.9 Å². The molecule has 2 fully saturated rings. The summed E-state index contributed by atoms with van der Waals surface area (Å²) in [6.07, 6.45) is 7.88. The molecule has 0 bridgehead atoms. The number of piperidine rings is 1. The van der Waals surface area contributed by atoms with Gasteiger partial charge in [0.25, 0.3) is 0 Å².